The Balaban J connectivity index is 2.33. The molecule has 1 aromatic carbocycles. The normalized spacial score (nSPS) is 11.4. The molecule has 0 atom stereocenters. The van der Waals surface area contributed by atoms with Crippen LogP contribution in [0.25, 0.3) is 0 Å². The molecule has 0 fully saturated rings. The largest absolute Gasteiger partial charge is 0.488 e. The fourth-order valence-electron chi connectivity index (χ4n) is 1.73. The Morgan fingerprint density at radius 3 is 2.40 bits per heavy atom. The number of alkyl halides is 3. The zero-order chi connectivity index (χ0) is 14.8. The lowest BCUT2D eigenvalue weighted by Crippen LogP contribution is -2.27. The predicted molar refractivity (Wildman–Crippen MR) is 67.5 cm³/mol. The van der Waals surface area contributed by atoms with Crippen molar-refractivity contribution in [3.8, 4) is 5.75 Å². The lowest BCUT2D eigenvalue weighted by Gasteiger charge is -2.14. The maximum Gasteiger partial charge on any atom is 0.425 e. The van der Waals surface area contributed by atoms with Crippen LogP contribution in [0.1, 0.15) is 11.1 Å². The molecule has 3 nitrogen and oxygen atoms in total. The topological polar surface area (TPSA) is 31.2 Å². The Hall–Kier alpha value is -2.24. The van der Waals surface area contributed by atoms with E-state index in [1.54, 1.807) is 30.3 Å². The zero-order valence-electron chi connectivity index (χ0n) is 10.6. The molecule has 0 unspecified atom stereocenters. The van der Waals surface area contributed by atoms with E-state index >= 15 is 0 Å². The summed E-state index contributed by atoms with van der Waals surface area (Å²) in [4.78, 5) is 11.6. The van der Waals surface area contributed by atoms with Crippen molar-refractivity contribution >= 4 is 0 Å². The van der Waals surface area contributed by atoms with Crippen LogP contribution in [0.5, 0.6) is 5.75 Å². The lowest BCUT2D eigenvalue weighted by atomic mass is 10.2. The SMILES string of the molecule is Cn1ccc(OCc2ccccc2)c(C(F)(F)F)c1=O. The minimum absolute atomic E-state index is 0.0307. The van der Waals surface area contributed by atoms with Crippen molar-refractivity contribution in [1.82, 2.24) is 4.57 Å². The number of pyridine rings is 1. The van der Waals surface area contributed by atoms with E-state index in [0.29, 0.717) is 0 Å². The summed E-state index contributed by atoms with van der Waals surface area (Å²) in [6, 6.07) is 9.92. The molecule has 0 saturated heterocycles. The van der Waals surface area contributed by atoms with Crippen molar-refractivity contribution < 1.29 is 17.9 Å². The molecular weight excluding hydrogens is 271 g/mol. The molecule has 1 aromatic heterocycles. The number of nitrogens with zero attached hydrogens (tertiary/aromatic N) is 1. The predicted octanol–water partition coefficient (Wildman–Crippen LogP) is 2.98. The van der Waals surface area contributed by atoms with Crippen LogP contribution in [-0.4, -0.2) is 4.57 Å². The van der Waals surface area contributed by atoms with E-state index < -0.39 is 23.0 Å². The number of rotatable bonds is 3. The summed E-state index contributed by atoms with van der Waals surface area (Å²) in [6.07, 6.45) is -3.50. The number of benzene rings is 1. The molecule has 106 valence electrons. The second-order valence-electron chi connectivity index (χ2n) is 4.24. The first kappa shape index (κ1) is 14.2. The minimum atomic E-state index is -4.75. The van der Waals surface area contributed by atoms with Gasteiger partial charge in [0.05, 0.1) is 0 Å². The van der Waals surface area contributed by atoms with E-state index in [9.17, 15) is 18.0 Å². The summed E-state index contributed by atoms with van der Waals surface area (Å²) in [5.74, 6) is -0.454. The van der Waals surface area contributed by atoms with Crippen molar-refractivity contribution in [2.45, 2.75) is 12.8 Å². The summed E-state index contributed by atoms with van der Waals surface area (Å²) in [5, 5.41) is 0. The van der Waals surface area contributed by atoms with Gasteiger partial charge < -0.3 is 9.30 Å². The summed E-state index contributed by atoms with van der Waals surface area (Å²) in [5.41, 5.74) is -1.68. The van der Waals surface area contributed by atoms with Gasteiger partial charge in [-0.25, -0.2) is 0 Å². The molecule has 0 aliphatic rings. The van der Waals surface area contributed by atoms with Crippen LogP contribution < -0.4 is 10.3 Å². The minimum Gasteiger partial charge on any atom is -0.488 e. The maximum atomic E-state index is 12.9. The molecule has 0 bridgehead atoms. The molecule has 0 aliphatic carbocycles. The summed E-state index contributed by atoms with van der Waals surface area (Å²) in [6.45, 7) is -0.0307. The molecular formula is C14H12F3NO2. The van der Waals surface area contributed by atoms with E-state index in [1.807, 2.05) is 0 Å². The van der Waals surface area contributed by atoms with E-state index in [-0.39, 0.29) is 6.61 Å². The van der Waals surface area contributed by atoms with E-state index in [4.69, 9.17) is 4.74 Å². The smallest absolute Gasteiger partial charge is 0.425 e. The molecule has 6 heteroatoms. The van der Waals surface area contributed by atoms with Crippen molar-refractivity contribution in [2.75, 3.05) is 0 Å². The highest BCUT2D eigenvalue weighted by molar-refractivity contribution is 5.33. The van der Waals surface area contributed by atoms with E-state index in [1.165, 1.54) is 13.2 Å². The number of hydrogen-bond acceptors (Lipinski definition) is 2. The molecule has 2 aromatic rings. The molecule has 0 aliphatic heterocycles. The molecule has 0 spiro atoms. The third-order valence-corrected chi connectivity index (χ3v) is 2.75. The van der Waals surface area contributed by atoms with Gasteiger partial charge in [-0.2, -0.15) is 13.2 Å². The van der Waals surface area contributed by atoms with Crippen LogP contribution in [0.2, 0.25) is 0 Å². The van der Waals surface area contributed by atoms with Gasteiger partial charge in [-0.3, -0.25) is 4.79 Å². The Bertz CT molecular complexity index is 648. The highest BCUT2D eigenvalue weighted by atomic mass is 19.4. The highest BCUT2D eigenvalue weighted by Gasteiger charge is 2.38. The van der Waals surface area contributed by atoms with Crippen molar-refractivity contribution in [3.05, 3.63) is 64.1 Å². The third kappa shape index (κ3) is 3.01. The van der Waals surface area contributed by atoms with E-state index in [0.717, 1.165) is 16.2 Å². The van der Waals surface area contributed by atoms with Gasteiger partial charge in [-0.1, -0.05) is 30.3 Å². The molecule has 0 N–H and O–H groups in total. The van der Waals surface area contributed by atoms with Crippen LogP contribution in [0.3, 0.4) is 0 Å². The second-order valence-corrected chi connectivity index (χ2v) is 4.24. The summed E-state index contributed by atoms with van der Waals surface area (Å²) >= 11 is 0. The van der Waals surface area contributed by atoms with Gasteiger partial charge >= 0.3 is 6.18 Å². The Morgan fingerprint density at radius 2 is 1.80 bits per heavy atom. The number of halogens is 3. The first-order valence-corrected chi connectivity index (χ1v) is 5.83. The summed E-state index contributed by atoms with van der Waals surface area (Å²) < 4.78 is 44.8. The van der Waals surface area contributed by atoms with Crippen molar-refractivity contribution in [3.63, 3.8) is 0 Å². The summed E-state index contributed by atoms with van der Waals surface area (Å²) in [7, 11) is 1.26. The number of aromatic nitrogens is 1. The zero-order valence-corrected chi connectivity index (χ0v) is 10.6. The van der Waals surface area contributed by atoms with Gasteiger partial charge in [0.1, 0.15) is 12.4 Å². The standard InChI is InChI=1S/C14H12F3NO2/c1-18-8-7-11(12(13(18)19)14(15,16)17)20-9-10-5-3-2-4-6-10/h2-8H,9H2,1H3. The van der Waals surface area contributed by atoms with Crippen LogP contribution >= 0.6 is 0 Å². The molecule has 0 saturated carbocycles. The molecule has 2 rings (SSSR count). The fraction of sp³-hybridized carbons (Fsp3) is 0.214. The van der Waals surface area contributed by atoms with Gasteiger partial charge in [-0.15, -0.1) is 0 Å². The average Bonchev–Trinajstić information content (AvgIpc) is 2.40. The second kappa shape index (κ2) is 5.40. The van der Waals surface area contributed by atoms with Crippen molar-refractivity contribution in [2.24, 2.45) is 7.05 Å². The van der Waals surface area contributed by atoms with Crippen molar-refractivity contribution in [1.29, 1.82) is 0 Å². The van der Waals surface area contributed by atoms with Gasteiger partial charge in [-0.05, 0) is 11.6 Å². The van der Waals surface area contributed by atoms with Gasteiger partial charge in [0.15, 0.2) is 5.56 Å². The lowest BCUT2D eigenvalue weighted by molar-refractivity contribution is -0.140. The number of hydrogen-bond donors (Lipinski definition) is 0. The molecule has 1 heterocycles. The molecule has 0 radical (unpaired) electrons. The highest BCUT2D eigenvalue weighted by Crippen LogP contribution is 2.33. The molecule has 0 amide bonds. The van der Waals surface area contributed by atoms with Crippen LogP contribution in [0.4, 0.5) is 13.2 Å². The van der Waals surface area contributed by atoms with Crippen LogP contribution in [0, 0.1) is 0 Å². The Morgan fingerprint density at radius 1 is 1.15 bits per heavy atom. The fourth-order valence-corrected chi connectivity index (χ4v) is 1.73. The molecule has 20 heavy (non-hydrogen) atoms. The van der Waals surface area contributed by atoms with Crippen LogP contribution in [-0.2, 0) is 19.8 Å². The monoisotopic (exact) mass is 283 g/mol. The Labute approximate surface area is 113 Å². The third-order valence-electron chi connectivity index (χ3n) is 2.75. The van der Waals surface area contributed by atoms with Crippen LogP contribution in [0.15, 0.2) is 47.4 Å². The average molecular weight is 283 g/mol. The quantitative estimate of drug-likeness (QED) is 0.867. The van der Waals surface area contributed by atoms with Gasteiger partial charge in [0.25, 0.3) is 5.56 Å². The number of aryl methyl sites for hydroxylation is 1. The number of ether oxygens (including phenoxy) is 1. The maximum absolute atomic E-state index is 12.9. The first-order chi connectivity index (χ1) is 9.39. The van der Waals surface area contributed by atoms with E-state index in [2.05, 4.69) is 0 Å². The Kier molecular flexibility index (Phi) is 3.83. The van der Waals surface area contributed by atoms with Gasteiger partial charge in [0, 0.05) is 13.2 Å². The first-order valence-electron chi connectivity index (χ1n) is 5.83. The van der Waals surface area contributed by atoms with Gasteiger partial charge in [0.2, 0.25) is 0 Å².